The molecule has 0 radical (unpaired) electrons. The molecule has 0 atom stereocenters. The number of hydrogen-bond donors (Lipinski definition) is 2. The first-order valence-corrected chi connectivity index (χ1v) is 8.65. The van der Waals surface area contributed by atoms with Gasteiger partial charge in [0.15, 0.2) is 0 Å². The van der Waals surface area contributed by atoms with Gasteiger partial charge in [-0.3, -0.25) is 4.98 Å². The molecule has 0 aliphatic rings. The number of pyridine rings is 1. The van der Waals surface area contributed by atoms with Gasteiger partial charge in [0.25, 0.3) is 0 Å². The molecule has 2 N–H and O–H groups in total. The van der Waals surface area contributed by atoms with Crippen molar-refractivity contribution in [2.75, 3.05) is 0 Å². The van der Waals surface area contributed by atoms with Gasteiger partial charge in [0.2, 0.25) is 0 Å². The molecule has 0 aliphatic heterocycles. The second-order valence-electron chi connectivity index (χ2n) is 6.30. The van der Waals surface area contributed by atoms with Crippen molar-refractivity contribution in [1.82, 2.24) is 15.0 Å². The molecule has 0 spiro atoms. The van der Waals surface area contributed by atoms with Crippen LogP contribution in [0.5, 0.6) is 0 Å². The summed E-state index contributed by atoms with van der Waals surface area (Å²) in [6.07, 6.45) is 7.78. The van der Waals surface area contributed by atoms with Crippen LogP contribution in [0.15, 0.2) is 91.5 Å². The van der Waals surface area contributed by atoms with Crippen molar-refractivity contribution in [3.63, 3.8) is 0 Å². The van der Waals surface area contributed by atoms with Crippen molar-refractivity contribution < 1.29 is 0 Å². The number of hydrogen-bond acceptors (Lipinski definition) is 1. The Morgan fingerprint density at radius 1 is 0.654 bits per heavy atom. The maximum atomic E-state index is 4.19. The van der Waals surface area contributed by atoms with Gasteiger partial charge in [0.05, 0.1) is 11.2 Å². The lowest BCUT2D eigenvalue weighted by Gasteiger charge is -2.09. The molecule has 0 saturated carbocycles. The van der Waals surface area contributed by atoms with E-state index in [9.17, 15) is 0 Å². The summed E-state index contributed by atoms with van der Waals surface area (Å²) in [6.45, 7) is 0. The van der Waals surface area contributed by atoms with Gasteiger partial charge in [0, 0.05) is 41.5 Å². The fourth-order valence-corrected chi connectivity index (χ4v) is 3.60. The van der Waals surface area contributed by atoms with Crippen LogP contribution in [-0.2, 0) is 0 Å². The van der Waals surface area contributed by atoms with E-state index < -0.39 is 0 Å². The Morgan fingerprint density at radius 3 is 2.35 bits per heavy atom. The van der Waals surface area contributed by atoms with Crippen LogP contribution in [0.4, 0.5) is 0 Å². The zero-order chi connectivity index (χ0) is 17.3. The number of nitrogens with zero attached hydrogens (tertiary/aromatic N) is 1. The van der Waals surface area contributed by atoms with E-state index in [0.717, 1.165) is 16.8 Å². The number of aromatic amines is 2. The van der Waals surface area contributed by atoms with E-state index >= 15 is 0 Å². The largest absolute Gasteiger partial charge is 0.361 e. The molecule has 5 aromatic rings. The standard InChI is InChI=1S/C23H17N3/c1-2-5-17(6-3-1)23-21(16-9-12-24-13-10-16)20(15-26-23)19-8-4-7-18-11-14-25-22(18)19/h1-15,25-26H. The van der Waals surface area contributed by atoms with Gasteiger partial charge in [-0.1, -0.05) is 48.5 Å². The molecular weight excluding hydrogens is 318 g/mol. The summed E-state index contributed by atoms with van der Waals surface area (Å²) < 4.78 is 0. The van der Waals surface area contributed by atoms with Gasteiger partial charge in [-0.05, 0) is 34.7 Å². The van der Waals surface area contributed by atoms with Crippen LogP contribution < -0.4 is 0 Å². The molecule has 26 heavy (non-hydrogen) atoms. The van der Waals surface area contributed by atoms with E-state index in [1.807, 2.05) is 24.7 Å². The lowest BCUT2D eigenvalue weighted by Crippen LogP contribution is -1.86. The van der Waals surface area contributed by atoms with Crippen molar-refractivity contribution in [3.8, 4) is 33.5 Å². The Balaban J connectivity index is 1.82. The fraction of sp³-hybridized carbons (Fsp3) is 0. The summed E-state index contributed by atoms with van der Waals surface area (Å²) >= 11 is 0. The molecule has 5 rings (SSSR count). The Hall–Kier alpha value is -3.59. The minimum absolute atomic E-state index is 1.12. The van der Waals surface area contributed by atoms with E-state index in [-0.39, 0.29) is 0 Å². The van der Waals surface area contributed by atoms with Crippen LogP contribution >= 0.6 is 0 Å². The smallest absolute Gasteiger partial charge is 0.0540 e. The molecule has 3 nitrogen and oxygen atoms in total. The quantitative estimate of drug-likeness (QED) is 0.424. The lowest BCUT2D eigenvalue weighted by atomic mass is 9.94. The molecule has 124 valence electrons. The normalized spacial score (nSPS) is 11.1. The van der Waals surface area contributed by atoms with Crippen LogP contribution in [-0.4, -0.2) is 15.0 Å². The van der Waals surface area contributed by atoms with Crippen molar-refractivity contribution in [1.29, 1.82) is 0 Å². The topological polar surface area (TPSA) is 44.5 Å². The highest BCUT2D eigenvalue weighted by atomic mass is 14.7. The Morgan fingerprint density at radius 2 is 1.50 bits per heavy atom. The SMILES string of the molecule is c1ccc(-c2[nH]cc(-c3cccc4cc[nH]c34)c2-c2ccncc2)cc1. The summed E-state index contributed by atoms with van der Waals surface area (Å²) in [5.74, 6) is 0. The molecule has 3 heterocycles. The summed E-state index contributed by atoms with van der Waals surface area (Å²) in [6, 6.07) is 23.1. The van der Waals surface area contributed by atoms with E-state index in [1.54, 1.807) is 0 Å². The number of para-hydroxylation sites is 1. The van der Waals surface area contributed by atoms with Crippen LogP contribution in [0.25, 0.3) is 44.4 Å². The predicted octanol–water partition coefficient (Wildman–Crippen LogP) is 5.89. The van der Waals surface area contributed by atoms with E-state index in [2.05, 4.69) is 81.8 Å². The summed E-state index contributed by atoms with van der Waals surface area (Å²) in [5.41, 5.74) is 8.17. The number of fused-ring (bicyclic) bond motifs is 1. The van der Waals surface area contributed by atoms with Gasteiger partial charge in [0.1, 0.15) is 0 Å². The van der Waals surface area contributed by atoms with Crippen molar-refractivity contribution in [2.45, 2.75) is 0 Å². The van der Waals surface area contributed by atoms with Crippen LogP contribution in [0, 0.1) is 0 Å². The highest BCUT2D eigenvalue weighted by Gasteiger charge is 2.17. The predicted molar refractivity (Wildman–Crippen MR) is 107 cm³/mol. The van der Waals surface area contributed by atoms with Crippen molar-refractivity contribution in [3.05, 3.63) is 91.5 Å². The monoisotopic (exact) mass is 335 g/mol. The van der Waals surface area contributed by atoms with Gasteiger partial charge in [-0.2, -0.15) is 0 Å². The first kappa shape index (κ1) is 14.7. The Labute approximate surface area is 151 Å². The molecule has 0 aliphatic carbocycles. The van der Waals surface area contributed by atoms with E-state index in [4.69, 9.17) is 0 Å². The molecule has 0 fully saturated rings. The van der Waals surface area contributed by atoms with Gasteiger partial charge in [-0.25, -0.2) is 0 Å². The molecule has 0 bridgehead atoms. The van der Waals surface area contributed by atoms with Crippen molar-refractivity contribution in [2.24, 2.45) is 0 Å². The minimum Gasteiger partial charge on any atom is -0.361 e. The summed E-state index contributed by atoms with van der Waals surface area (Å²) in [4.78, 5) is 11.1. The third-order valence-corrected chi connectivity index (χ3v) is 4.79. The highest BCUT2D eigenvalue weighted by Crippen LogP contribution is 2.41. The minimum atomic E-state index is 1.12. The molecule has 3 heteroatoms. The third kappa shape index (κ3) is 2.33. The van der Waals surface area contributed by atoms with Gasteiger partial charge < -0.3 is 9.97 Å². The molecule has 3 aromatic heterocycles. The second-order valence-corrected chi connectivity index (χ2v) is 6.30. The number of nitrogens with one attached hydrogen (secondary N) is 2. The summed E-state index contributed by atoms with van der Waals surface area (Å²) in [5, 5.41) is 1.21. The maximum absolute atomic E-state index is 4.19. The zero-order valence-electron chi connectivity index (χ0n) is 14.1. The maximum Gasteiger partial charge on any atom is 0.0540 e. The van der Waals surface area contributed by atoms with Gasteiger partial charge in [-0.15, -0.1) is 0 Å². The summed E-state index contributed by atoms with van der Waals surface area (Å²) in [7, 11) is 0. The van der Waals surface area contributed by atoms with Crippen LogP contribution in [0.3, 0.4) is 0 Å². The molecule has 2 aromatic carbocycles. The number of benzene rings is 2. The fourth-order valence-electron chi connectivity index (χ4n) is 3.60. The zero-order valence-corrected chi connectivity index (χ0v) is 14.1. The highest BCUT2D eigenvalue weighted by molar-refractivity contribution is 6.01. The number of aromatic nitrogens is 3. The Bertz CT molecular complexity index is 1170. The lowest BCUT2D eigenvalue weighted by molar-refractivity contribution is 1.33. The molecule has 0 saturated heterocycles. The van der Waals surface area contributed by atoms with E-state index in [0.29, 0.717) is 0 Å². The first-order valence-electron chi connectivity index (χ1n) is 8.65. The number of rotatable bonds is 3. The average Bonchev–Trinajstić information content (AvgIpc) is 3.36. The van der Waals surface area contributed by atoms with Crippen LogP contribution in [0.2, 0.25) is 0 Å². The Kier molecular flexibility index (Phi) is 3.42. The average molecular weight is 335 g/mol. The van der Waals surface area contributed by atoms with Crippen LogP contribution in [0.1, 0.15) is 0 Å². The van der Waals surface area contributed by atoms with E-state index in [1.165, 1.54) is 27.6 Å². The van der Waals surface area contributed by atoms with Crippen molar-refractivity contribution >= 4 is 10.9 Å². The molecule has 0 amide bonds. The third-order valence-electron chi connectivity index (χ3n) is 4.79. The molecule has 0 unspecified atom stereocenters. The first-order chi connectivity index (χ1) is 12.9. The molecular formula is C23H17N3. The second kappa shape index (κ2) is 6.05. The number of H-pyrrole nitrogens is 2. The van der Waals surface area contributed by atoms with Gasteiger partial charge >= 0.3 is 0 Å².